The van der Waals surface area contributed by atoms with E-state index in [-0.39, 0.29) is 0 Å². The molecule has 0 amide bonds. The second-order valence-corrected chi connectivity index (χ2v) is 4.36. The van der Waals surface area contributed by atoms with Gasteiger partial charge in [0.2, 0.25) is 0 Å². The van der Waals surface area contributed by atoms with Crippen LogP contribution in [0.25, 0.3) is 0 Å². The van der Waals surface area contributed by atoms with Crippen molar-refractivity contribution in [3.05, 3.63) is 53.7 Å². The predicted molar refractivity (Wildman–Crippen MR) is 70.8 cm³/mol. The maximum Gasteiger partial charge on any atom is 0.136 e. The normalized spacial score (nSPS) is 13.8. The van der Waals surface area contributed by atoms with E-state index in [4.69, 9.17) is 0 Å². The van der Waals surface area contributed by atoms with Crippen molar-refractivity contribution >= 4 is 11.5 Å². The van der Waals surface area contributed by atoms with E-state index < -0.39 is 0 Å². The summed E-state index contributed by atoms with van der Waals surface area (Å²) in [4.78, 5) is 6.87. The highest BCUT2D eigenvalue weighted by atomic mass is 15.2. The van der Waals surface area contributed by atoms with Gasteiger partial charge >= 0.3 is 0 Å². The zero-order chi connectivity index (χ0) is 11.7. The number of benzene rings is 1. The molecule has 0 saturated carbocycles. The number of rotatable bonds is 1. The van der Waals surface area contributed by atoms with Crippen LogP contribution in [0, 0.1) is 0 Å². The number of pyridine rings is 1. The Morgan fingerprint density at radius 3 is 2.71 bits per heavy atom. The molecule has 1 aromatic heterocycles. The molecule has 2 heterocycles. The molecule has 0 radical (unpaired) electrons. The highest BCUT2D eigenvalue weighted by Gasteiger charge is 2.19. The van der Waals surface area contributed by atoms with Gasteiger partial charge in [0.25, 0.3) is 0 Å². The zero-order valence-electron chi connectivity index (χ0n) is 10.1. The Morgan fingerprint density at radius 1 is 1.06 bits per heavy atom. The summed E-state index contributed by atoms with van der Waals surface area (Å²) in [6.07, 6.45) is 4.07. The first-order valence-electron chi connectivity index (χ1n) is 6.19. The van der Waals surface area contributed by atoms with Crippen molar-refractivity contribution < 1.29 is 0 Å². The molecule has 1 aromatic carbocycles. The number of hydrogen-bond donors (Lipinski definition) is 0. The van der Waals surface area contributed by atoms with Gasteiger partial charge in [-0.15, -0.1) is 0 Å². The van der Waals surface area contributed by atoms with Crippen LogP contribution in [0.4, 0.5) is 11.5 Å². The molecule has 0 atom stereocenters. The Kier molecular flexibility index (Phi) is 2.56. The summed E-state index contributed by atoms with van der Waals surface area (Å²) in [6, 6.07) is 12.9. The third-order valence-corrected chi connectivity index (χ3v) is 3.39. The number of aryl methyl sites for hydroxylation is 2. The third kappa shape index (κ3) is 1.70. The monoisotopic (exact) mass is 224 g/mol. The van der Waals surface area contributed by atoms with Gasteiger partial charge in [0, 0.05) is 18.4 Å². The molecule has 0 aliphatic carbocycles. The second kappa shape index (κ2) is 4.21. The molecule has 86 valence electrons. The van der Waals surface area contributed by atoms with E-state index in [1.807, 2.05) is 12.3 Å². The van der Waals surface area contributed by atoms with E-state index in [1.54, 1.807) is 0 Å². The molecule has 0 spiro atoms. The number of nitrogens with zero attached hydrogens (tertiary/aromatic N) is 2. The van der Waals surface area contributed by atoms with Crippen molar-refractivity contribution in [2.75, 3.05) is 11.4 Å². The molecule has 1 aliphatic heterocycles. The van der Waals surface area contributed by atoms with Gasteiger partial charge in [-0.1, -0.05) is 24.3 Å². The molecule has 0 bridgehead atoms. The fraction of sp³-hybridized carbons (Fsp3) is 0.267. The molecule has 0 fully saturated rings. The highest BCUT2D eigenvalue weighted by Crippen LogP contribution is 2.33. The van der Waals surface area contributed by atoms with Crippen LogP contribution in [0.3, 0.4) is 0 Å². The Morgan fingerprint density at radius 2 is 1.82 bits per heavy atom. The summed E-state index contributed by atoms with van der Waals surface area (Å²) in [5, 5.41) is 0. The number of fused-ring (bicyclic) bond motifs is 2. The minimum Gasteiger partial charge on any atom is -0.326 e. The van der Waals surface area contributed by atoms with E-state index in [0.29, 0.717) is 0 Å². The van der Waals surface area contributed by atoms with Crippen molar-refractivity contribution in [3.8, 4) is 0 Å². The molecule has 0 unspecified atom stereocenters. The number of anilines is 2. The smallest absolute Gasteiger partial charge is 0.136 e. The average Bonchev–Trinajstić information content (AvgIpc) is 2.55. The van der Waals surface area contributed by atoms with Crippen molar-refractivity contribution in [2.24, 2.45) is 0 Å². The van der Waals surface area contributed by atoms with Gasteiger partial charge in [-0.25, -0.2) is 4.98 Å². The topological polar surface area (TPSA) is 16.1 Å². The van der Waals surface area contributed by atoms with E-state index >= 15 is 0 Å². The Hall–Kier alpha value is -1.83. The summed E-state index contributed by atoms with van der Waals surface area (Å²) in [5.41, 5.74) is 4.09. The van der Waals surface area contributed by atoms with E-state index in [2.05, 4.69) is 47.1 Å². The molecule has 1 aliphatic rings. The fourth-order valence-electron chi connectivity index (χ4n) is 2.56. The Bertz CT molecular complexity index is 486. The molecule has 2 heteroatoms. The second-order valence-electron chi connectivity index (χ2n) is 4.36. The van der Waals surface area contributed by atoms with Crippen LogP contribution in [0.5, 0.6) is 0 Å². The molecule has 17 heavy (non-hydrogen) atoms. The van der Waals surface area contributed by atoms with Gasteiger partial charge in [0.15, 0.2) is 0 Å². The van der Waals surface area contributed by atoms with E-state index in [9.17, 15) is 0 Å². The summed E-state index contributed by atoms with van der Waals surface area (Å²) in [7, 11) is 0. The molecule has 0 N–H and O–H groups in total. The SMILES string of the molecule is CCN1c2ccccc2CCc2cccnc21. The minimum absolute atomic E-state index is 0.959. The maximum absolute atomic E-state index is 4.56. The lowest BCUT2D eigenvalue weighted by molar-refractivity contribution is 0.963. The molecular formula is C15H16N2. The third-order valence-electron chi connectivity index (χ3n) is 3.39. The quantitative estimate of drug-likeness (QED) is 0.738. The summed E-state index contributed by atoms with van der Waals surface area (Å²) >= 11 is 0. The van der Waals surface area contributed by atoms with Crippen molar-refractivity contribution in [1.82, 2.24) is 4.98 Å². The van der Waals surface area contributed by atoms with Crippen molar-refractivity contribution in [2.45, 2.75) is 19.8 Å². The predicted octanol–water partition coefficient (Wildman–Crippen LogP) is 3.34. The largest absolute Gasteiger partial charge is 0.326 e. The van der Waals surface area contributed by atoms with Crippen LogP contribution < -0.4 is 4.90 Å². The maximum atomic E-state index is 4.56. The van der Waals surface area contributed by atoms with Gasteiger partial charge in [0.1, 0.15) is 5.82 Å². The lowest BCUT2D eigenvalue weighted by atomic mass is 10.1. The van der Waals surface area contributed by atoms with Gasteiger partial charge in [-0.3, -0.25) is 0 Å². The number of hydrogen-bond acceptors (Lipinski definition) is 2. The molecular weight excluding hydrogens is 208 g/mol. The highest BCUT2D eigenvalue weighted by molar-refractivity contribution is 5.68. The number of aromatic nitrogens is 1. The molecule has 0 saturated heterocycles. The summed E-state index contributed by atoms with van der Waals surface area (Å²) in [5.74, 6) is 1.12. The molecule has 2 nitrogen and oxygen atoms in total. The van der Waals surface area contributed by atoms with Crippen LogP contribution >= 0.6 is 0 Å². The first-order chi connectivity index (χ1) is 8.40. The standard InChI is InChI=1S/C15H16N2/c1-2-17-14-8-4-3-6-12(14)9-10-13-7-5-11-16-15(13)17/h3-8,11H,2,9-10H2,1H3. The van der Waals surface area contributed by atoms with Crippen LogP contribution in [0.2, 0.25) is 0 Å². The van der Waals surface area contributed by atoms with Crippen LogP contribution in [-0.2, 0) is 12.8 Å². The first-order valence-corrected chi connectivity index (χ1v) is 6.19. The van der Waals surface area contributed by atoms with Crippen molar-refractivity contribution in [1.29, 1.82) is 0 Å². The van der Waals surface area contributed by atoms with E-state index in [1.165, 1.54) is 16.8 Å². The van der Waals surface area contributed by atoms with Gasteiger partial charge in [-0.05, 0) is 43.0 Å². The lowest BCUT2D eigenvalue weighted by Gasteiger charge is -2.23. The van der Waals surface area contributed by atoms with Gasteiger partial charge in [0.05, 0.1) is 0 Å². The molecule has 2 aromatic rings. The molecule has 3 rings (SSSR count). The number of para-hydroxylation sites is 1. The zero-order valence-corrected chi connectivity index (χ0v) is 10.1. The van der Waals surface area contributed by atoms with E-state index in [0.717, 1.165) is 25.2 Å². The Labute approximate surface area is 102 Å². The lowest BCUT2D eigenvalue weighted by Crippen LogP contribution is -2.18. The Balaban J connectivity index is 2.19. The summed E-state index contributed by atoms with van der Waals surface area (Å²) in [6.45, 7) is 3.14. The van der Waals surface area contributed by atoms with Gasteiger partial charge in [-0.2, -0.15) is 0 Å². The van der Waals surface area contributed by atoms with Crippen LogP contribution in [0.1, 0.15) is 18.1 Å². The van der Waals surface area contributed by atoms with Gasteiger partial charge < -0.3 is 4.90 Å². The van der Waals surface area contributed by atoms with Crippen LogP contribution in [0.15, 0.2) is 42.6 Å². The van der Waals surface area contributed by atoms with Crippen molar-refractivity contribution in [3.63, 3.8) is 0 Å². The summed E-state index contributed by atoms with van der Waals surface area (Å²) < 4.78 is 0. The average molecular weight is 224 g/mol. The first kappa shape index (κ1) is 10.3. The van der Waals surface area contributed by atoms with Crippen LogP contribution in [-0.4, -0.2) is 11.5 Å². The fourth-order valence-corrected chi connectivity index (χ4v) is 2.56. The minimum atomic E-state index is 0.959.